The molecule has 0 amide bonds. The lowest BCUT2D eigenvalue weighted by molar-refractivity contribution is -0.0256. The van der Waals surface area contributed by atoms with Crippen LogP contribution < -0.4 is 0 Å². The minimum atomic E-state index is -0.363. The lowest BCUT2D eigenvalue weighted by Crippen LogP contribution is -2.36. The smallest absolute Gasteiger partial charge is 0.341 e. The number of likely N-dealkylation sites (N-methyl/N-ethyl adjacent to an activating group) is 1. The molecule has 1 aliphatic heterocycles. The molecule has 2 rings (SSSR count). The van der Waals surface area contributed by atoms with Gasteiger partial charge in [0, 0.05) is 19.3 Å². The van der Waals surface area contributed by atoms with Gasteiger partial charge in [0.25, 0.3) is 0 Å². The van der Waals surface area contributed by atoms with Gasteiger partial charge in [0.05, 0.1) is 24.5 Å². The summed E-state index contributed by atoms with van der Waals surface area (Å²) in [4.78, 5) is 22.8. The van der Waals surface area contributed by atoms with Crippen LogP contribution in [0.3, 0.4) is 0 Å². The molecule has 2 heterocycles. The molecule has 0 radical (unpaired) electrons. The lowest BCUT2D eigenvalue weighted by Gasteiger charge is -2.29. The second-order valence-electron chi connectivity index (χ2n) is 4.78. The van der Waals surface area contributed by atoms with Gasteiger partial charge in [-0.3, -0.25) is 0 Å². The number of carbonyl (C=O) groups excluding carboxylic acids is 1. The Hall–Kier alpha value is -1.53. The molecule has 0 saturated carbocycles. The summed E-state index contributed by atoms with van der Waals surface area (Å²) in [7, 11) is 2.04. The van der Waals surface area contributed by atoms with Crippen LogP contribution in [-0.4, -0.2) is 54.2 Å². The zero-order valence-corrected chi connectivity index (χ0v) is 12.3. The first-order chi connectivity index (χ1) is 9.65. The highest BCUT2D eigenvalue weighted by Gasteiger charge is 2.24. The van der Waals surface area contributed by atoms with E-state index in [1.807, 2.05) is 14.0 Å². The predicted octanol–water partition coefficient (Wildman–Crippen LogP) is 1.22. The third-order valence-corrected chi connectivity index (χ3v) is 3.27. The highest BCUT2D eigenvalue weighted by Crippen LogP contribution is 2.19. The van der Waals surface area contributed by atoms with Gasteiger partial charge in [-0.1, -0.05) is 6.92 Å². The summed E-state index contributed by atoms with van der Waals surface area (Å²) in [5.74, 6) is 0.277. The summed E-state index contributed by atoms with van der Waals surface area (Å²) in [5.41, 5.74) is 1.16. The Bertz CT molecular complexity index is 479. The molecule has 1 saturated heterocycles. The first kappa shape index (κ1) is 14.9. The molecule has 6 nitrogen and oxygen atoms in total. The SMILES string of the molecule is CCOC(=O)c1cnc(C2CN(C)CCO2)nc1CC. The molecule has 1 aromatic heterocycles. The number of rotatable bonds is 4. The molecule has 0 bridgehead atoms. The number of carbonyl (C=O) groups is 1. The van der Waals surface area contributed by atoms with E-state index >= 15 is 0 Å². The van der Waals surface area contributed by atoms with E-state index in [-0.39, 0.29) is 12.1 Å². The Morgan fingerprint density at radius 1 is 1.55 bits per heavy atom. The second kappa shape index (κ2) is 6.76. The van der Waals surface area contributed by atoms with Gasteiger partial charge in [-0.05, 0) is 20.4 Å². The van der Waals surface area contributed by atoms with Crippen molar-refractivity contribution >= 4 is 5.97 Å². The maximum atomic E-state index is 11.8. The maximum Gasteiger partial charge on any atom is 0.341 e. The van der Waals surface area contributed by atoms with E-state index in [9.17, 15) is 4.79 Å². The normalized spacial score (nSPS) is 19.9. The topological polar surface area (TPSA) is 64.5 Å². The molecule has 1 aromatic rings. The molecule has 1 unspecified atom stereocenters. The van der Waals surface area contributed by atoms with Crippen molar-refractivity contribution in [3.8, 4) is 0 Å². The molecule has 0 N–H and O–H groups in total. The van der Waals surface area contributed by atoms with E-state index in [4.69, 9.17) is 9.47 Å². The fraction of sp³-hybridized carbons (Fsp3) is 0.643. The Labute approximate surface area is 119 Å². The molecule has 0 aliphatic carbocycles. The monoisotopic (exact) mass is 279 g/mol. The van der Waals surface area contributed by atoms with Gasteiger partial charge in [-0.25, -0.2) is 14.8 Å². The van der Waals surface area contributed by atoms with Gasteiger partial charge in [0.15, 0.2) is 5.82 Å². The fourth-order valence-corrected chi connectivity index (χ4v) is 2.17. The van der Waals surface area contributed by atoms with Gasteiger partial charge >= 0.3 is 5.97 Å². The Balaban J connectivity index is 2.22. The van der Waals surface area contributed by atoms with E-state index in [2.05, 4.69) is 14.9 Å². The molecule has 20 heavy (non-hydrogen) atoms. The predicted molar refractivity (Wildman–Crippen MR) is 73.6 cm³/mol. The van der Waals surface area contributed by atoms with Crippen LogP contribution in [0.2, 0.25) is 0 Å². The van der Waals surface area contributed by atoms with E-state index in [0.29, 0.717) is 36.7 Å². The van der Waals surface area contributed by atoms with Crippen LogP contribution in [0, 0.1) is 0 Å². The number of aryl methyl sites for hydroxylation is 1. The zero-order valence-electron chi connectivity index (χ0n) is 12.3. The van der Waals surface area contributed by atoms with Crippen molar-refractivity contribution in [3.05, 3.63) is 23.3 Å². The Kier molecular flexibility index (Phi) is 5.03. The van der Waals surface area contributed by atoms with Crippen molar-refractivity contribution in [1.82, 2.24) is 14.9 Å². The van der Waals surface area contributed by atoms with Gasteiger partial charge in [-0.2, -0.15) is 0 Å². The van der Waals surface area contributed by atoms with E-state index in [1.165, 1.54) is 0 Å². The van der Waals surface area contributed by atoms with Crippen molar-refractivity contribution in [2.45, 2.75) is 26.4 Å². The van der Waals surface area contributed by atoms with E-state index < -0.39 is 0 Å². The van der Waals surface area contributed by atoms with E-state index in [1.54, 1.807) is 13.1 Å². The molecular formula is C14H21N3O3. The number of morpholine rings is 1. The highest BCUT2D eigenvalue weighted by atomic mass is 16.5. The van der Waals surface area contributed by atoms with Gasteiger partial charge in [0.1, 0.15) is 6.10 Å². The first-order valence-corrected chi connectivity index (χ1v) is 6.98. The van der Waals surface area contributed by atoms with Crippen LogP contribution in [0.4, 0.5) is 0 Å². The largest absolute Gasteiger partial charge is 0.462 e. The Morgan fingerprint density at radius 2 is 2.35 bits per heavy atom. The minimum absolute atomic E-state index is 0.129. The summed E-state index contributed by atoms with van der Waals surface area (Å²) in [6.07, 6.45) is 2.08. The van der Waals surface area contributed by atoms with Crippen molar-refractivity contribution in [3.63, 3.8) is 0 Å². The van der Waals surface area contributed by atoms with Crippen LogP contribution in [0.5, 0.6) is 0 Å². The average molecular weight is 279 g/mol. The second-order valence-corrected chi connectivity index (χ2v) is 4.78. The number of ether oxygens (including phenoxy) is 2. The molecule has 6 heteroatoms. The third kappa shape index (κ3) is 3.32. The number of esters is 1. The van der Waals surface area contributed by atoms with Crippen LogP contribution in [0.1, 0.15) is 41.8 Å². The number of aromatic nitrogens is 2. The number of hydrogen-bond acceptors (Lipinski definition) is 6. The van der Waals surface area contributed by atoms with Gasteiger partial charge < -0.3 is 14.4 Å². The molecule has 1 aliphatic rings. The fourth-order valence-electron chi connectivity index (χ4n) is 2.17. The zero-order chi connectivity index (χ0) is 14.5. The van der Waals surface area contributed by atoms with Crippen LogP contribution in [-0.2, 0) is 15.9 Å². The summed E-state index contributed by atoms with van der Waals surface area (Å²) < 4.78 is 10.7. The average Bonchev–Trinajstić information content (AvgIpc) is 2.46. The summed E-state index contributed by atoms with van der Waals surface area (Å²) in [6.45, 7) is 6.44. The maximum absolute atomic E-state index is 11.8. The highest BCUT2D eigenvalue weighted by molar-refractivity contribution is 5.90. The first-order valence-electron chi connectivity index (χ1n) is 6.98. The van der Waals surface area contributed by atoms with Crippen molar-refractivity contribution in [1.29, 1.82) is 0 Å². The van der Waals surface area contributed by atoms with Crippen LogP contribution >= 0.6 is 0 Å². The summed E-state index contributed by atoms with van der Waals surface area (Å²) in [5, 5.41) is 0. The summed E-state index contributed by atoms with van der Waals surface area (Å²) in [6, 6.07) is 0. The standard InChI is InChI=1S/C14H21N3O3/c1-4-11-10(14(18)19-5-2)8-15-13(16-11)12-9-17(3)6-7-20-12/h8,12H,4-7,9H2,1-3H3. The lowest BCUT2D eigenvalue weighted by atomic mass is 10.1. The molecule has 110 valence electrons. The molecular weight excluding hydrogens is 258 g/mol. The summed E-state index contributed by atoms with van der Waals surface area (Å²) >= 11 is 0. The third-order valence-electron chi connectivity index (χ3n) is 3.27. The molecule has 0 spiro atoms. The van der Waals surface area contributed by atoms with Gasteiger partial charge in [0.2, 0.25) is 0 Å². The van der Waals surface area contributed by atoms with E-state index in [0.717, 1.165) is 13.1 Å². The molecule has 0 aromatic carbocycles. The van der Waals surface area contributed by atoms with Crippen molar-refractivity contribution < 1.29 is 14.3 Å². The van der Waals surface area contributed by atoms with Gasteiger partial charge in [-0.15, -0.1) is 0 Å². The van der Waals surface area contributed by atoms with Crippen molar-refractivity contribution in [2.24, 2.45) is 0 Å². The van der Waals surface area contributed by atoms with Crippen LogP contribution in [0.25, 0.3) is 0 Å². The Morgan fingerprint density at radius 3 is 3.00 bits per heavy atom. The minimum Gasteiger partial charge on any atom is -0.462 e. The molecule has 1 atom stereocenters. The number of nitrogens with zero attached hydrogens (tertiary/aromatic N) is 3. The quantitative estimate of drug-likeness (QED) is 0.772. The van der Waals surface area contributed by atoms with Crippen molar-refractivity contribution in [2.75, 3.05) is 33.4 Å². The van der Waals surface area contributed by atoms with Crippen LogP contribution in [0.15, 0.2) is 6.20 Å². The number of hydrogen-bond donors (Lipinski definition) is 0. The molecule has 1 fully saturated rings.